The summed E-state index contributed by atoms with van der Waals surface area (Å²) in [6, 6.07) is 15.6. The zero-order valence-electron chi connectivity index (χ0n) is 19.6. The van der Waals surface area contributed by atoms with Gasteiger partial charge in [0.2, 0.25) is 0 Å². The van der Waals surface area contributed by atoms with Crippen LogP contribution in [0.2, 0.25) is 0 Å². The van der Waals surface area contributed by atoms with Crippen LogP contribution in [0.3, 0.4) is 0 Å². The van der Waals surface area contributed by atoms with Crippen LogP contribution in [0.1, 0.15) is 55.5 Å². The van der Waals surface area contributed by atoms with Gasteiger partial charge in [0.1, 0.15) is 6.10 Å². The van der Waals surface area contributed by atoms with Crippen molar-refractivity contribution in [3.05, 3.63) is 77.5 Å². The number of ether oxygens (including phenoxy) is 2. The molecule has 0 saturated carbocycles. The Morgan fingerprint density at radius 2 is 1.80 bits per heavy atom. The van der Waals surface area contributed by atoms with E-state index in [0.717, 1.165) is 30.5 Å². The van der Waals surface area contributed by atoms with Crippen LogP contribution in [-0.2, 0) is 17.4 Å². The number of rotatable bonds is 11. The number of benzene rings is 2. The minimum Gasteiger partial charge on any atom is -0.493 e. The number of aliphatic carboxylic acids is 1. The lowest BCUT2D eigenvalue weighted by Gasteiger charge is -2.21. The molecule has 0 aliphatic rings. The van der Waals surface area contributed by atoms with Gasteiger partial charge in [0.25, 0.3) is 0 Å². The fourth-order valence-electron chi connectivity index (χ4n) is 3.65. The summed E-state index contributed by atoms with van der Waals surface area (Å²) in [7, 11) is 1.52. The third-order valence-corrected chi connectivity index (χ3v) is 5.55. The smallest absolute Gasteiger partial charge is 0.416 e. The topological polar surface area (TPSA) is 68.7 Å². The average molecular weight is 488 g/mol. The number of nitrogens with zero attached hydrogens (tertiary/aromatic N) is 1. The van der Waals surface area contributed by atoms with Gasteiger partial charge in [0, 0.05) is 12.0 Å². The molecule has 0 radical (unpaired) electrons. The van der Waals surface area contributed by atoms with Crippen LogP contribution in [0.25, 0.3) is 11.3 Å². The summed E-state index contributed by atoms with van der Waals surface area (Å²) in [5.74, 6) is 0.130. The lowest BCUT2D eigenvalue weighted by Crippen LogP contribution is -2.11. The lowest BCUT2D eigenvalue weighted by molar-refractivity contribution is -0.138. The number of hydrogen-bond donors (Lipinski definition) is 1. The summed E-state index contributed by atoms with van der Waals surface area (Å²) in [5.41, 5.74) is 1.91. The van der Waals surface area contributed by atoms with Crippen molar-refractivity contribution in [2.24, 2.45) is 0 Å². The largest absolute Gasteiger partial charge is 0.493 e. The predicted molar refractivity (Wildman–Crippen MR) is 127 cm³/mol. The number of pyridine rings is 1. The Kier molecular flexibility index (Phi) is 8.73. The maximum absolute atomic E-state index is 12.9. The molecule has 1 N–H and O–H groups in total. The van der Waals surface area contributed by atoms with Crippen molar-refractivity contribution in [1.29, 1.82) is 0 Å². The van der Waals surface area contributed by atoms with E-state index in [-0.39, 0.29) is 6.42 Å². The van der Waals surface area contributed by atoms with Gasteiger partial charge in [0.05, 0.1) is 24.1 Å². The fourth-order valence-corrected chi connectivity index (χ4v) is 3.65. The van der Waals surface area contributed by atoms with Gasteiger partial charge in [-0.1, -0.05) is 37.6 Å². The highest BCUT2D eigenvalue weighted by Crippen LogP contribution is 2.35. The van der Waals surface area contributed by atoms with Crippen LogP contribution in [-0.4, -0.2) is 23.2 Å². The minimum absolute atomic E-state index is 0.0170. The van der Waals surface area contributed by atoms with Crippen LogP contribution in [0.15, 0.2) is 60.7 Å². The minimum atomic E-state index is -4.39. The van der Waals surface area contributed by atoms with Crippen LogP contribution in [0.5, 0.6) is 11.5 Å². The number of carboxylic acid groups (broad SMARTS) is 1. The second-order valence-corrected chi connectivity index (χ2v) is 8.15. The summed E-state index contributed by atoms with van der Waals surface area (Å²) < 4.78 is 50.5. The monoisotopic (exact) mass is 487 g/mol. The number of aryl methyl sites for hydroxylation is 1. The van der Waals surface area contributed by atoms with Gasteiger partial charge >= 0.3 is 12.1 Å². The first-order chi connectivity index (χ1) is 16.7. The summed E-state index contributed by atoms with van der Waals surface area (Å²) >= 11 is 0. The maximum atomic E-state index is 12.9. The van der Waals surface area contributed by atoms with Crippen molar-refractivity contribution in [3.8, 4) is 22.8 Å². The van der Waals surface area contributed by atoms with Crippen LogP contribution in [0, 0.1) is 0 Å². The number of hydrogen-bond acceptors (Lipinski definition) is 4. The van der Waals surface area contributed by atoms with Gasteiger partial charge < -0.3 is 14.6 Å². The molecule has 186 valence electrons. The molecule has 0 aliphatic carbocycles. The molecule has 1 heterocycles. The number of unbranched alkanes of at least 4 members (excludes halogenated alkanes) is 1. The molecule has 1 aromatic heterocycles. The number of methoxy groups -OCH3 is 1. The van der Waals surface area contributed by atoms with E-state index in [1.165, 1.54) is 19.2 Å². The molecule has 0 aliphatic heterocycles. The van der Waals surface area contributed by atoms with Crippen LogP contribution in [0.4, 0.5) is 13.2 Å². The van der Waals surface area contributed by atoms with E-state index < -0.39 is 23.8 Å². The van der Waals surface area contributed by atoms with E-state index in [2.05, 4.69) is 6.92 Å². The van der Waals surface area contributed by atoms with Gasteiger partial charge in [-0.2, -0.15) is 13.2 Å². The van der Waals surface area contributed by atoms with Gasteiger partial charge in [0.15, 0.2) is 11.5 Å². The predicted octanol–water partition coefficient (Wildman–Crippen LogP) is 7.10. The molecule has 0 bridgehead atoms. The third kappa shape index (κ3) is 7.21. The fraction of sp³-hybridized carbons (Fsp3) is 0.333. The summed E-state index contributed by atoms with van der Waals surface area (Å²) in [5, 5.41) is 8.92. The summed E-state index contributed by atoms with van der Waals surface area (Å²) in [6.45, 7) is 2.07. The molecule has 8 heteroatoms. The second-order valence-electron chi connectivity index (χ2n) is 8.15. The van der Waals surface area contributed by atoms with Gasteiger partial charge in [-0.15, -0.1) is 0 Å². The second kappa shape index (κ2) is 11.7. The van der Waals surface area contributed by atoms with Crippen molar-refractivity contribution in [2.45, 2.75) is 51.3 Å². The molecule has 0 spiro atoms. The highest BCUT2D eigenvalue weighted by Gasteiger charge is 2.30. The van der Waals surface area contributed by atoms with Crippen molar-refractivity contribution >= 4 is 5.97 Å². The van der Waals surface area contributed by atoms with Gasteiger partial charge in [-0.05, 0) is 61.2 Å². The molecule has 5 nitrogen and oxygen atoms in total. The number of carboxylic acids is 1. The van der Waals surface area contributed by atoms with E-state index in [0.29, 0.717) is 41.3 Å². The third-order valence-electron chi connectivity index (χ3n) is 5.55. The Morgan fingerprint density at radius 3 is 2.43 bits per heavy atom. The van der Waals surface area contributed by atoms with Gasteiger partial charge in [-0.3, -0.25) is 4.79 Å². The van der Waals surface area contributed by atoms with Gasteiger partial charge in [-0.25, -0.2) is 4.98 Å². The molecule has 2 aromatic carbocycles. The molecular weight excluding hydrogens is 459 g/mol. The molecule has 1 unspecified atom stereocenters. The first kappa shape index (κ1) is 26.1. The number of halogens is 3. The first-order valence-corrected chi connectivity index (χ1v) is 11.4. The van der Waals surface area contributed by atoms with E-state index in [9.17, 15) is 18.0 Å². The molecular formula is C27H28F3NO4. The molecule has 0 fully saturated rings. The van der Waals surface area contributed by atoms with E-state index in [1.807, 2.05) is 18.2 Å². The number of carbonyl (C=O) groups is 1. The van der Waals surface area contributed by atoms with E-state index in [1.54, 1.807) is 18.2 Å². The Bertz CT molecular complexity index is 1130. The molecule has 3 rings (SSSR count). The van der Waals surface area contributed by atoms with Crippen molar-refractivity contribution < 1.29 is 32.5 Å². The maximum Gasteiger partial charge on any atom is 0.416 e. The quantitative estimate of drug-likeness (QED) is 0.312. The summed E-state index contributed by atoms with van der Waals surface area (Å²) in [4.78, 5) is 15.6. The van der Waals surface area contributed by atoms with Crippen LogP contribution < -0.4 is 9.47 Å². The molecule has 35 heavy (non-hydrogen) atoms. The van der Waals surface area contributed by atoms with E-state index in [4.69, 9.17) is 19.6 Å². The molecule has 1 atom stereocenters. The number of aromatic nitrogens is 1. The van der Waals surface area contributed by atoms with E-state index >= 15 is 0 Å². The Hall–Kier alpha value is -3.55. The number of alkyl halides is 3. The average Bonchev–Trinajstić information content (AvgIpc) is 2.85. The Morgan fingerprint density at radius 1 is 1.06 bits per heavy atom. The highest BCUT2D eigenvalue weighted by atomic mass is 19.4. The zero-order chi connectivity index (χ0) is 25.4. The summed E-state index contributed by atoms with van der Waals surface area (Å²) in [6.07, 6.45) is -1.88. The van der Waals surface area contributed by atoms with Crippen molar-refractivity contribution in [2.75, 3.05) is 7.11 Å². The molecule has 0 saturated heterocycles. The Balaban J connectivity index is 1.87. The standard InChI is InChI=1S/C27H28F3NO4/c1-3-4-8-23(35-24-15-9-18(10-16-26(32)33)17-25(24)34-2)22-7-5-6-21(31-22)19-11-13-20(14-12-19)27(28,29)30/h5-7,9,11-15,17,23H,3-4,8,10,16H2,1-2H3,(H,32,33). The molecule has 3 aromatic rings. The normalized spacial score (nSPS) is 12.3. The lowest BCUT2D eigenvalue weighted by atomic mass is 10.0. The first-order valence-electron chi connectivity index (χ1n) is 11.4. The Labute approximate surface area is 202 Å². The van der Waals surface area contributed by atoms with Crippen LogP contribution >= 0.6 is 0 Å². The SMILES string of the molecule is CCCCC(Oc1ccc(CCC(=O)O)cc1OC)c1cccc(-c2ccc(C(F)(F)F)cc2)n1. The van der Waals surface area contributed by atoms with Crippen molar-refractivity contribution in [3.63, 3.8) is 0 Å². The highest BCUT2D eigenvalue weighted by molar-refractivity contribution is 5.67. The van der Waals surface area contributed by atoms with Crippen molar-refractivity contribution in [1.82, 2.24) is 4.98 Å². The zero-order valence-corrected chi connectivity index (χ0v) is 19.6. The molecule has 0 amide bonds.